The summed E-state index contributed by atoms with van der Waals surface area (Å²) in [5.74, 6) is 0.508. The fourth-order valence-corrected chi connectivity index (χ4v) is 1.87. The van der Waals surface area contributed by atoms with E-state index in [9.17, 15) is 10.1 Å². The third-order valence-electron chi connectivity index (χ3n) is 2.66. The molecule has 1 heterocycles. The van der Waals surface area contributed by atoms with Crippen molar-refractivity contribution in [2.45, 2.75) is 33.6 Å². The summed E-state index contributed by atoms with van der Waals surface area (Å²) in [5.41, 5.74) is 0.156. The molecule has 0 atom stereocenters. The molecule has 0 saturated heterocycles. The predicted molar refractivity (Wildman–Crippen MR) is 72.8 cm³/mol. The molecule has 0 fully saturated rings. The number of hydrogen-bond donors (Lipinski definition) is 0. The van der Waals surface area contributed by atoms with Crippen LogP contribution in [0.2, 0.25) is 0 Å². The maximum Gasteiger partial charge on any atom is 0.352 e. The van der Waals surface area contributed by atoms with E-state index in [-0.39, 0.29) is 11.6 Å². The van der Waals surface area contributed by atoms with Crippen LogP contribution in [0.5, 0.6) is 5.88 Å². The van der Waals surface area contributed by atoms with Crippen LogP contribution in [0.15, 0.2) is 0 Å². The van der Waals surface area contributed by atoms with Crippen LogP contribution in [0.1, 0.15) is 32.4 Å². The summed E-state index contributed by atoms with van der Waals surface area (Å²) in [5, 5.41) is 11.0. The molecule has 0 aliphatic heterocycles. The second-order valence-corrected chi connectivity index (χ2v) is 4.21. The molecule has 7 nitrogen and oxygen atoms in total. The average Bonchev–Trinajstić information content (AvgIpc) is 2.36. The van der Waals surface area contributed by atoms with Gasteiger partial charge in [0, 0.05) is 13.1 Å². The Kier molecular flexibility index (Phi) is 5.47. The number of rotatable bonds is 7. The lowest BCUT2D eigenvalue weighted by atomic mass is 10.3. The van der Waals surface area contributed by atoms with Crippen molar-refractivity contribution < 1.29 is 9.66 Å². The zero-order valence-corrected chi connectivity index (χ0v) is 11.8. The largest absolute Gasteiger partial charge is 0.476 e. The van der Waals surface area contributed by atoms with Gasteiger partial charge in [-0.1, -0.05) is 13.8 Å². The third-order valence-corrected chi connectivity index (χ3v) is 2.66. The van der Waals surface area contributed by atoms with E-state index in [0.29, 0.717) is 11.6 Å². The molecule has 7 heteroatoms. The lowest BCUT2D eigenvalue weighted by molar-refractivity contribution is -0.387. The van der Waals surface area contributed by atoms with Crippen LogP contribution in [0, 0.1) is 17.0 Å². The number of methoxy groups -OCH3 is 1. The van der Waals surface area contributed by atoms with Gasteiger partial charge < -0.3 is 9.64 Å². The SMILES string of the molecule is CCCN(CCC)c1nc(C)c([N+](=O)[O-])c(OC)n1. The minimum Gasteiger partial charge on any atom is -0.476 e. The van der Waals surface area contributed by atoms with Gasteiger partial charge in [0.2, 0.25) is 5.95 Å². The number of ether oxygens (including phenoxy) is 1. The number of anilines is 1. The van der Waals surface area contributed by atoms with E-state index in [4.69, 9.17) is 4.74 Å². The van der Waals surface area contributed by atoms with Crippen LogP contribution in [0.3, 0.4) is 0 Å². The number of hydrogen-bond acceptors (Lipinski definition) is 6. The highest BCUT2D eigenvalue weighted by Crippen LogP contribution is 2.29. The van der Waals surface area contributed by atoms with Crippen LogP contribution in [-0.4, -0.2) is 35.1 Å². The topological polar surface area (TPSA) is 81.4 Å². The fourth-order valence-electron chi connectivity index (χ4n) is 1.87. The second-order valence-electron chi connectivity index (χ2n) is 4.21. The maximum absolute atomic E-state index is 11.0. The van der Waals surface area contributed by atoms with Gasteiger partial charge in [-0.25, -0.2) is 4.98 Å². The van der Waals surface area contributed by atoms with Crippen molar-refractivity contribution >= 4 is 11.6 Å². The molecule has 106 valence electrons. The van der Waals surface area contributed by atoms with Crippen LogP contribution in [0.4, 0.5) is 11.6 Å². The molecule has 0 unspecified atom stereocenters. The quantitative estimate of drug-likeness (QED) is 0.557. The Bertz CT molecular complexity index is 445. The summed E-state index contributed by atoms with van der Waals surface area (Å²) in [4.78, 5) is 20.9. The third kappa shape index (κ3) is 3.52. The summed E-state index contributed by atoms with van der Waals surface area (Å²) in [7, 11) is 1.38. The highest BCUT2D eigenvalue weighted by Gasteiger charge is 2.24. The Morgan fingerprint density at radius 3 is 2.26 bits per heavy atom. The van der Waals surface area contributed by atoms with E-state index in [1.54, 1.807) is 6.92 Å². The van der Waals surface area contributed by atoms with E-state index < -0.39 is 4.92 Å². The first kappa shape index (κ1) is 15.1. The second kappa shape index (κ2) is 6.86. The van der Waals surface area contributed by atoms with Crippen molar-refractivity contribution in [1.82, 2.24) is 9.97 Å². The van der Waals surface area contributed by atoms with Gasteiger partial charge in [0.1, 0.15) is 5.69 Å². The summed E-state index contributed by atoms with van der Waals surface area (Å²) in [6.07, 6.45) is 1.92. The van der Waals surface area contributed by atoms with E-state index in [2.05, 4.69) is 23.8 Å². The molecular weight excluding hydrogens is 248 g/mol. The monoisotopic (exact) mass is 268 g/mol. The van der Waals surface area contributed by atoms with Crippen molar-refractivity contribution in [2.75, 3.05) is 25.1 Å². The number of aromatic nitrogens is 2. The molecule has 0 aliphatic rings. The molecule has 0 amide bonds. The molecule has 0 bridgehead atoms. The molecule has 19 heavy (non-hydrogen) atoms. The maximum atomic E-state index is 11.0. The Labute approximate surface area is 112 Å². The number of nitro groups is 1. The Morgan fingerprint density at radius 2 is 1.84 bits per heavy atom. The first-order valence-corrected chi connectivity index (χ1v) is 6.37. The summed E-state index contributed by atoms with van der Waals surface area (Å²) in [6.45, 7) is 7.36. The first-order valence-electron chi connectivity index (χ1n) is 6.37. The van der Waals surface area contributed by atoms with Gasteiger partial charge in [-0.3, -0.25) is 10.1 Å². The molecule has 1 aromatic heterocycles. The van der Waals surface area contributed by atoms with Gasteiger partial charge in [-0.2, -0.15) is 4.98 Å². The zero-order chi connectivity index (χ0) is 14.4. The van der Waals surface area contributed by atoms with Crippen LogP contribution >= 0.6 is 0 Å². The smallest absolute Gasteiger partial charge is 0.352 e. The summed E-state index contributed by atoms with van der Waals surface area (Å²) < 4.78 is 5.02. The van der Waals surface area contributed by atoms with E-state index in [1.807, 2.05) is 4.90 Å². The number of nitrogens with zero attached hydrogens (tertiary/aromatic N) is 4. The lowest BCUT2D eigenvalue weighted by Gasteiger charge is -2.21. The Morgan fingerprint density at radius 1 is 1.26 bits per heavy atom. The zero-order valence-electron chi connectivity index (χ0n) is 11.8. The van der Waals surface area contributed by atoms with E-state index >= 15 is 0 Å². The first-order chi connectivity index (χ1) is 9.04. The number of aryl methyl sites for hydroxylation is 1. The highest BCUT2D eigenvalue weighted by atomic mass is 16.6. The molecule has 0 aromatic carbocycles. The van der Waals surface area contributed by atoms with Crippen molar-refractivity contribution in [2.24, 2.45) is 0 Å². The molecular formula is C12H20N4O3. The molecule has 0 spiro atoms. The summed E-state index contributed by atoms with van der Waals surface area (Å²) in [6, 6.07) is 0. The normalized spacial score (nSPS) is 10.3. The van der Waals surface area contributed by atoms with Gasteiger partial charge in [0.05, 0.1) is 12.0 Å². The van der Waals surface area contributed by atoms with Gasteiger partial charge in [0.25, 0.3) is 5.88 Å². The minimum atomic E-state index is -0.512. The molecule has 0 radical (unpaired) electrons. The fraction of sp³-hybridized carbons (Fsp3) is 0.667. The Balaban J connectivity index is 3.22. The van der Waals surface area contributed by atoms with E-state index in [0.717, 1.165) is 25.9 Å². The van der Waals surface area contributed by atoms with Crippen molar-refractivity contribution in [3.63, 3.8) is 0 Å². The average molecular weight is 268 g/mol. The van der Waals surface area contributed by atoms with Crippen molar-refractivity contribution in [3.05, 3.63) is 15.8 Å². The lowest BCUT2D eigenvalue weighted by Crippen LogP contribution is -2.27. The molecule has 1 aromatic rings. The van der Waals surface area contributed by atoms with Crippen molar-refractivity contribution in [3.8, 4) is 5.88 Å². The summed E-state index contributed by atoms with van der Waals surface area (Å²) >= 11 is 0. The predicted octanol–water partition coefficient (Wildman–Crippen LogP) is 2.33. The molecule has 1 rings (SSSR count). The Hall–Kier alpha value is -1.92. The highest BCUT2D eigenvalue weighted by molar-refractivity contribution is 5.49. The minimum absolute atomic E-state index is 0.0182. The van der Waals surface area contributed by atoms with Crippen LogP contribution in [-0.2, 0) is 0 Å². The molecule has 0 saturated carbocycles. The molecule has 0 N–H and O–H groups in total. The van der Waals surface area contributed by atoms with Crippen LogP contribution < -0.4 is 9.64 Å². The van der Waals surface area contributed by atoms with E-state index in [1.165, 1.54) is 7.11 Å². The van der Waals surface area contributed by atoms with Gasteiger partial charge in [-0.05, 0) is 19.8 Å². The van der Waals surface area contributed by atoms with Gasteiger partial charge in [-0.15, -0.1) is 0 Å². The van der Waals surface area contributed by atoms with Gasteiger partial charge in [0.15, 0.2) is 0 Å². The van der Waals surface area contributed by atoms with Gasteiger partial charge >= 0.3 is 5.69 Å². The van der Waals surface area contributed by atoms with Crippen LogP contribution in [0.25, 0.3) is 0 Å². The van der Waals surface area contributed by atoms with Crippen molar-refractivity contribution in [1.29, 1.82) is 0 Å². The molecule has 0 aliphatic carbocycles. The standard InChI is InChI=1S/C12H20N4O3/c1-5-7-15(8-6-2)12-13-9(3)10(16(17)18)11(14-12)19-4/h5-8H2,1-4H3.